The molecule has 0 fully saturated rings. The lowest BCUT2D eigenvalue weighted by molar-refractivity contribution is -0.139. The van der Waals surface area contributed by atoms with Gasteiger partial charge in [0, 0.05) is 23.1 Å². The average Bonchev–Trinajstić information content (AvgIpc) is 2.78. The number of hydrogen-bond donors (Lipinski definition) is 1. The highest BCUT2D eigenvalue weighted by atomic mass is 79.9. The van der Waals surface area contributed by atoms with Gasteiger partial charge in [0.05, 0.1) is 11.9 Å². The number of carbonyl (C=O) groups excluding carboxylic acids is 3. The number of rotatable bonds is 11. The Kier molecular flexibility index (Phi) is 9.81. The van der Waals surface area contributed by atoms with Crippen LogP contribution in [0, 0.1) is 0 Å². The summed E-state index contributed by atoms with van der Waals surface area (Å²) in [6.07, 6.45) is 1.74. The zero-order valence-electron chi connectivity index (χ0n) is 19.7. The molecular weight excluding hydrogens is 522 g/mol. The Labute approximate surface area is 209 Å². The molecule has 1 N–H and O–H groups in total. The SMILES string of the molecule is CCCNC(=O)[C@@H](C)N(Cc1cccc(Br)c1)C(=O)CN(c1cccc(C(C)=O)c1)S(C)(=O)=O. The molecule has 34 heavy (non-hydrogen) atoms. The topological polar surface area (TPSA) is 104 Å². The molecule has 0 aliphatic carbocycles. The van der Waals surface area contributed by atoms with E-state index in [1.807, 2.05) is 31.2 Å². The van der Waals surface area contributed by atoms with Gasteiger partial charge in [-0.05, 0) is 50.1 Å². The summed E-state index contributed by atoms with van der Waals surface area (Å²) in [6, 6.07) is 12.6. The van der Waals surface area contributed by atoms with Crippen molar-refractivity contribution in [2.45, 2.75) is 39.8 Å². The maximum Gasteiger partial charge on any atom is 0.244 e. The van der Waals surface area contributed by atoms with Gasteiger partial charge in [0.1, 0.15) is 12.6 Å². The molecule has 2 rings (SSSR count). The van der Waals surface area contributed by atoms with E-state index >= 15 is 0 Å². The first kappa shape index (κ1) is 27.5. The Balaban J connectivity index is 2.41. The summed E-state index contributed by atoms with van der Waals surface area (Å²) in [4.78, 5) is 39.3. The van der Waals surface area contributed by atoms with Crippen LogP contribution in [0.2, 0.25) is 0 Å². The number of halogens is 1. The van der Waals surface area contributed by atoms with E-state index in [1.54, 1.807) is 19.1 Å². The van der Waals surface area contributed by atoms with Crippen molar-refractivity contribution in [2.75, 3.05) is 23.7 Å². The molecule has 184 valence electrons. The van der Waals surface area contributed by atoms with Gasteiger partial charge in [-0.15, -0.1) is 0 Å². The van der Waals surface area contributed by atoms with Gasteiger partial charge in [0.2, 0.25) is 21.8 Å². The van der Waals surface area contributed by atoms with Gasteiger partial charge < -0.3 is 10.2 Å². The van der Waals surface area contributed by atoms with Crippen LogP contribution >= 0.6 is 15.9 Å². The molecule has 0 heterocycles. The van der Waals surface area contributed by atoms with Crippen molar-refractivity contribution in [3.63, 3.8) is 0 Å². The minimum Gasteiger partial charge on any atom is -0.354 e. The second-order valence-corrected chi connectivity index (χ2v) is 10.8. The summed E-state index contributed by atoms with van der Waals surface area (Å²) in [5.74, 6) is -1.09. The molecule has 2 aromatic rings. The molecule has 0 spiro atoms. The molecule has 0 saturated heterocycles. The number of hydrogen-bond acceptors (Lipinski definition) is 5. The largest absolute Gasteiger partial charge is 0.354 e. The Morgan fingerprint density at radius 3 is 2.35 bits per heavy atom. The van der Waals surface area contributed by atoms with E-state index in [2.05, 4.69) is 21.2 Å². The van der Waals surface area contributed by atoms with Crippen molar-refractivity contribution in [1.82, 2.24) is 10.2 Å². The number of benzene rings is 2. The van der Waals surface area contributed by atoms with Crippen LogP contribution in [0.15, 0.2) is 53.0 Å². The minimum atomic E-state index is -3.86. The lowest BCUT2D eigenvalue weighted by Crippen LogP contribution is -2.51. The molecule has 2 amide bonds. The van der Waals surface area contributed by atoms with E-state index in [0.717, 1.165) is 27.0 Å². The lowest BCUT2D eigenvalue weighted by Gasteiger charge is -2.31. The number of anilines is 1. The van der Waals surface area contributed by atoms with Crippen LogP contribution in [0.1, 0.15) is 43.1 Å². The van der Waals surface area contributed by atoms with Gasteiger partial charge in [-0.2, -0.15) is 0 Å². The molecule has 1 atom stereocenters. The molecule has 0 unspecified atom stereocenters. The first-order chi connectivity index (χ1) is 15.9. The summed E-state index contributed by atoms with van der Waals surface area (Å²) < 4.78 is 27.0. The van der Waals surface area contributed by atoms with Crippen LogP contribution in [0.3, 0.4) is 0 Å². The van der Waals surface area contributed by atoms with E-state index in [1.165, 1.54) is 24.0 Å². The Hall–Kier alpha value is -2.72. The van der Waals surface area contributed by atoms with E-state index in [-0.39, 0.29) is 23.9 Å². The average molecular weight is 552 g/mol. The summed E-state index contributed by atoms with van der Waals surface area (Å²) in [7, 11) is -3.86. The molecule has 0 bridgehead atoms. The zero-order chi connectivity index (χ0) is 25.5. The Bertz CT molecular complexity index is 1150. The lowest BCUT2D eigenvalue weighted by atomic mass is 10.1. The van der Waals surface area contributed by atoms with Crippen LogP contribution in [-0.2, 0) is 26.2 Å². The van der Waals surface area contributed by atoms with Crippen molar-refractivity contribution >= 4 is 49.2 Å². The maximum atomic E-state index is 13.5. The number of ketones is 1. The molecule has 0 aliphatic heterocycles. The number of nitrogens with one attached hydrogen (secondary N) is 1. The van der Waals surface area contributed by atoms with Crippen LogP contribution in [0.4, 0.5) is 5.69 Å². The van der Waals surface area contributed by atoms with Crippen molar-refractivity contribution in [3.05, 3.63) is 64.1 Å². The van der Waals surface area contributed by atoms with Crippen LogP contribution in [-0.4, -0.2) is 56.3 Å². The van der Waals surface area contributed by atoms with Crippen molar-refractivity contribution < 1.29 is 22.8 Å². The molecule has 0 aliphatic rings. The molecule has 2 aromatic carbocycles. The van der Waals surface area contributed by atoms with Gasteiger partial charge in [-0.1, -0.05) is 47.1 Å². The highest BCUT2D eigenvalue weighted by Crippen LogP contribution is 2.21. The summed E-state index contributed by atoms with van der Waals surface area (Å²) >= 11 is 3.41. The highest BCUT2D eigenvalue weighted by Gasteiger charge is 2.30. The highest BCUT2D eigenvalue weighted by molar-refractivity contribution is 9.10. The summed E-state index contributed by atoms with van der Waals surface area (Å²) in [5, 5.41) is 2.79. The quantitative estimate of drug-likeness (QED) is 0.431. The number of sulfonamides is 1. The van der Waals surface area contributed by atoms with E-state index < -0.39 is 28.5 Å². The second kappa shape index (κ2) is 12.1. The molecule has 0 saturated carbocycles. The molecular formula is C24H30BrN3O5S. The fraction of sp³-hybridized carbons (Fsp3) is 0.375. The van der Waals surface area contributed by atoms with Crippen molar-refractivity contribution in [1.29, 1.82) is 0 Å². The fourth-order valence-corrected chi connectivity index (χ4v) is 4.59. The third-order valence-corrected chi connectivity index (χ3v) is 6.81. The Morgan fingerprint density at radius 2 is 1.76 bits per heavy atom. The minimum absolute atomic E-state index is 0.115. The first-order valence-electron chi connectivity index (χ1n) is 10.8. The normalized spacial score (nSPS) is 12.0. The first-order valence-corrected chi connectivity index (χ1v) is 13.5. The molecule has 0 aromatic heterocycles. The van der Waals surface area contributed by atoms with Gasteiger partial charge in [-0.3, -0.25) is 18.7 Å². The van der Waals surface area contributed by atoms with Gasteiger partial charge in [0.25, 0.3) is 0 Å². The second-order valence-electron chi connectivity index (χ2n) is 7.99. The monoisotopic (exact) mass is 551 g/mol. The molecule has 0 radical (unpaired) electrons. The fourth-order valence-electron chi connectivity index (χ4n) is 3.30. The van der Waals surface area contributed by atoms with E-state index in [4.69, 9.17) is 0 Å². The molecule has 10 heteroatoms. The maximum absolute atomic E-state index is 13.5. The van der Waals surface area contributed by atoms with Gasteiger partial charge in [0.15, 0.2) is 5.78 Å². The Morgan fingerprint density at radius 1 is 1.09 bits per heavy atom. The predicted octanol–water partition coefficient (Wildman–Crippen LogP) is 3.36. The number of nitrogens with zero attached hydrogens (tertiary/aromatic N) is 2. The van der Waals surface area contributed by atoms with E-state index in [0.29, 0.717) is 12.1 Å². The third-order valence-electron chi connectivity index (χ3n) is 5.18. The number of amides is 2. The van der Waals surface area contributed by atoms with Crippen LogP contribution in [0.25, 0.3) is 0 Å². The van der Waals surface area contributed by atoms with Crippen LogP contribution < -0.4 is 9.62 Å². The zero-order valence-corrected chi connectivity index (χ0v) is 22.1. The molecule has 8 nitrogen and oxygen atoms in total. The summed E-state index contributed by atoms with van der Waals surface area (Å²) in [5.41, 5.74) is 1.31. The predicted molar refractivity (Wildman–Crippen MR) is 136 cm³/mol. The smallest absolute Gasteiger partial charge is 0.244 e. The van der Waals surface area contributed by atoms with Crippen molar-refractivity contribution in [2.24, 2.45) is 0 Å². The van der Waals surface area contributed by atoms with E-state index in [9.17, 15) is 22.8 Å². The third kappa shape index (κ3) is 7.66. The van der Waals surface area contributed by atoms with Gasteiger partial charge >= 0.3 is 0 Å². The standard InChI is InChI=1S/C24H30BrN3O5S/c1-5-12-26-24(31)17(2)27(15-19-8-6-10-21(25)13-19)23(30)16-28(34(4,32)33)22-11-7-9-20(14-22)18(3)29/h6-11,13-14,17H,5,12,15-16H2,1-4H3,(H,26,31)/t17-/m1/s1. The summed E-state index contributed by atoms with van der Waals surface area (Å²) in [6.45, 7) is 4.99. The van der Waals surface area contributed by atoms with Crippen molar-refractivity contribution in [3.8, 4) is 0 Å². The number of carbonyl (C=O) groups is 3. The number of Topliss-reactive ketones (excluding diaryl/α,β-unsaturated/α-hetero) is 1. The van der Waals surface area contributed by atoms with Gasteiger partial charge in [-0.25, -0.2) is 8.42 Å². The van der Waals surface area contributed by atoms with Crippen LogP contribution in [0.5, 0.6) is 0 Å².